The van der Waals surface area contributed by atoms with Crippen LogP contribution in [0.25, 0.3) is 12.2 Å². The number of carbonyl (C=O) groups excluding carboxylic acids is 2. The highest BCUT2D eigenvalue weighted by atomic mass is 32.2. The van der Waals surface area contributed by atoms with E-state index in [1.165, 1.54) is 12.2 Å². The van der Waals surface area contributed by atoms with Gasteiger partial charge in [-0.05, 0) is 65.5 Å². The Labute approximate surface area is 199 Å². The molecule has 2 aromatic rings. The molecule has 0 aromatic heterocycles. The summed E-state index contributed by atoms with van der Waals surface area (Å²) in [5.41, 5.74) is 1.80. The molecule has 6 nitrogen and oxygen atoms in total. The number of allylic oxidation sites excluding steroid dienone is 3. The van der Waals surface area contributed by atoms with Gasteiger partial charge >= 0.3 is 0 Å². The highest BCUT2D eigenvalue weighted by Gasteiger charge is 2.23. The Morgan fingerprint density at radius 1 is 0.697 bits per heavy atom. The third-order valence-electron chi connectivity index (χ3n) is 5.10. The van der Waals surface area contributed by atoms with Crippen molar-refractivity contribution >= 4 is 47.2 Å². The maximum Gasteiger partial charge on any atom is 0.231 e. The first-order valence-electron chi connectivity index (χ1n) is 10.4. The first kappa shape index (κ1) is 21.7. The van der Waals surface area contributed by atoms with Gasteiger partial charge in [0.05, 0.1) is 9.81 Å². The number of benzene rings is 2. The summed E-state index contributed by atoms with van der Waals surface area (Å²) < 4.78 is 22.2. The molecule has 3 aliphatic rings. The van der Waals surface area contributed by atoms with E-state index in [2.05, 4.69) is 0 Å². The summed E-state index contributed by atoms with van der Waals surface area (Å²) in [5.74, 6) is 3.80. The van der Waals surface area contributed by atoms with Gasteiger partial charge in [-0.15, -0.1) is 23.5 Å². The molecule has 33 heavy (non-hydrogen) atoms. The quantitative estimate of drug-likeness (QED) is 0.322. The van der Waals surface area contributed by atoms with Crippen LogP contribution in [0.3, 0.4) is 0 Å². The average molecular weight is 481 g/mol. The van der Waals surface area contributed by atoms with Crippen LogP contribution in [0.5, 0.6) is 23.0 Å². The minimum absolute atomic E-state index is 0.191. The van der Waals surface area contributed by atoms with E-state index in [0.717, 1.165) is 33.3 Å². The van der Waals surface area contributed by atoms with E-state index in [-0.39, 0.29) is 30.7 Å². The van der Waals surface area contributed by atoms with Crippen LogP contribution < -0.4 is 18.9 Å². The number of hydrogen-bond donors (Lipinski definition) is 0. The molecule has 0 aliphatic carbocycles. The lowest BCUT2D eigenvalue weighted by Gasteiger charge is -2.15. The molecular formula is C25H20O6S2. The van der Waals surface area contributed by atoms with Gasteiger partial charge < -0.3 is 18.9 Å². The van der Waals surface area contributed by atoms with Gasteiger partial charge in [0.15, 0.2) is 34.6 Å². The smallest absolute Gasteiger partial charge is 0.231 e. The zero-order valence-electron chi connectivity index (χ0n) is 17.6. The van der Waals surface area contributed by atoms with Gasteiger partial charge in [0.2, 0.25) is 13.6 Å². The molecule has 5 rings (SSSR count). The van der Waals surface area contributed by atoms with Crippen LogP contribution in [-0.4, -0.2) is 36.7 Å². The van der Waals surface area contributed by atoms with Gasteiger partial charge in [0, 0.05) is 0 Å². The van der Waals surface area contributed by atoms with E-state index in [4.69, 9.17) is 18.9 Å². The Morgan fingerprint density at radius 2 is 1.18 bits per heavy atom. The zero-order chi connectivity index (χ0) is 22.6. The minimum atomic E-state index is -0.315. The van der Waals surface area contributed by atoms with Crippen LogP contribution in [-0.2, 0) is 9.59 Å². The number of hydrogen-bond acceptors (Lipinski definition) is 8. The molecule has 0 radical (unpaired) electrons. The predicted molar refractivity (Wildman–Crippen MR) is 130 cm³/mol. The summed E-state index contributed by atoms with van der Waals surface area (Å²) in [4.78, 5) is 26.3. The maximum absolute atomic E-state index is 13.1. The number of ketones is 2. The summed E-state index contributed by atoms with van der Waals surface area (Å²) in [6.07, 6.45) is 7.33. The van der Waals surface area contributed by atoms with Crippen LogP contribution in [0.2, 0.25) is 0 Å². The molecule has 0 amide bonds. The Kier molecular flexibility index (Phi) is 6.46. The van der Waals surface area contributed by atoms with Crippen molar-refractivity contribution in [3.63, 3.8) is 0 Å². The van der Waals surface area contributed by atoms with Gasteiger partial charge in [-0.2, -0.15) is 0 Å². The lowest BCUT2D eigenvalue weighted by atomic mass is 10.1. The highest BCUT2D eigenvalue weighted by Crippen LogP contribution is 2.38. The van der Waals surface area contributed by atoms with E-state index in [1.807, 2.05) is 24.3 Å². The maximum atomic E-state index is 13.1. The van der Waals surface area contributed by atoms with Gasteiger partial charge in [-0.1, -0.05) is 24.3 Å². The highest BCUT2D eigenvalue weighted by molar-refractivity contribution is 8.22. The first-order valence-corrected chi connectivity index (χ1v) is 12.4. The van der Waals surface area contributed by atoms with Crippen molar-refractivity contribution in [1.29, 1.82) is 0 Å². The molecule has 1 saturated heterocycles. The standard InChI is InChI=1S/C25H20O6S2/c26-18(6-2-16-4-8-20-22(12-16)30-14-28-20)24(25-32-10-1-11-33-25)19(27)7-3-17-5-9-21-23(13-17)31-15-29-21/h2-9,12-13H,1,10-11,14-15H2. The van der Waals surface area contributed by atoms with E-state index < -0.39 is 0 Å². The lowest BCUT2D eigenvalue weighted by molar-refractivity contribution is -0.116. The lowest BCUT2D eigenvalue weighted by Crippen LogP contribution is -2.12. The number of rotatable bonds is 6. The van der Waals surface area contributed by atoms with Crippen molar-refractivity contribution in [2.45, 2.75) is 6.42 Å². The van der Waals surface area contributed by atoms with Crippen molar-refractivity contribution in [2.24, 2.45) is 0 Å². The third-order valence-corrected chi connectivity index (χ3v) is 7.72. The van der Waals surface area contributed by atoms with Crippen molar-refractivity contribution in [2.75, 3.05) is 25.1 Å². The van der Waals surface area contributed by atoms with Crippen LogP contribution in [0, 0.1) is 0 Å². The summed E-state index contributed by atoms with van der Waals surface area (Å²) in [5, 5.41) is 0. The van der Waals surface area contributed by atoms with E-state index >= 15 is 0 Å². The van der Waals surface area contributed by atoms with Crippen LogP contribution in [0.1, 0.15) is 17.5 Å². The summed E-state index contributed by atoms with van der Waals surface area (Å²) >= 11 is 3.13. The van der Waals surface area contributed by atoms with Crippen molar-refractivity contribution in [1.82, 2.24) is 0 Å². The second-order valence-electron chi connectivity index (χ2n) is 7.33. The van der Waals surface area contributed by atoms with Crippen LogP contribution >= 0.6 is 23.5 Å². The Hall–Kier alpha value is -3.10. The molecule has 0 atom stereocenters. The average Bonchev–Trinajstić information content (AvgIpc) is 3.51. The van der Waals surface area contributed by atoms with E-state index in [9.17, 15) is 9.59 Å². The third kappa shape index (κ3) is 4.96. The van der Waals surface area contributed by atoms with Gasteiger partial charge in [0.1, 0.15) is 0 Å². The molecular weight excluding hydrogens is 460 g/mol. The molecule has 0 saturated carbocycles. The largest absolute Gasteiger partial charge is 0.454 e. The summed E-state index contributed by atoms with van der Waals surface area (Å²) in [6, 6.07) is 10.9. The normalized spacial score (nSPS) is 16.5. The van der Waals surface area contributed by atoms with Crippen molar-refractivity contribution in [3.8, 4) is 23.0 Å². The molecule has 0 N–H and O–H groups in total. The Bertz CT molecular complexity index is 1110. The van der Waals surface area contributed by atoms with Gasteiger partial charge in [0.25, 0.3) is 0 Å². The van der Waals surface area contributed by atoms with Crippen LogP contribution in [0.15, 0.2) is 58.4 Å². The summed E-state index contributed by atoms with van der Waals surface area (Å²) in [6.45, 7) is 0.382. The van der Waals surface area contributed by atoms with Crippen molar-refractivity contribution in [3.05, 3.63) is 69.5 Å². The monoisotopic (exact) mass is 480 g/mol. The second kappa shape index (κ2) is 9.80. The molecule has 1 fully saturated rings. The molecule has 2 aromatic carbocycles. The van der Waals surface area contributed by atoms with Gasteiger partial charge in [-0.25, -0.2) is 0 Å². The number of thioether (sulfide) groups is 2. The molecule has 168 valence electrons. The number of ether oxygens (including phenoxy) is 4. The topological polar surface area (TPSA) is 71.1 Å². The molecule has 0 unspecified atom stereocenters. The van der Waals surface area contributed by atoms with Gasteiger partial charge in [-0.3, -0.25) is 9.59 Å². The van der Waals surface area contributed by atoms with E-state index in [0.29, 0.717) is 23.0 Å². The molecule has 3 heterocycles. The second-order valence-corrected chi connectivity index (χ2v) is 9.80. The van der Waals surface area contributed by atoms with Crippen LogP contribution in [0.4, 0.5) is 0 Å². The fourth-order valence-electron chi connectivity index (χ4n) is 3.44. The Morgan fingerprint density at radius 3 is 1.70 bits per heavy atom. The summed E-state index contributed by atoms with van der Waals surface area (Å²) in [7, 11) is 0. The fraction of sp³-hybridized carbons (Fsp3) is 0.200. The van der Waals surface area contributed by atoms with E-state index in [1.54, 1.807) is 47.8 Å². The molecule has 8 heteroatoms. The number of carbonyl (C=O) groups is 2. The zero-order valence-corrected chi connectivity index (χ0v) is 19.2. The minimum Gasteiger partial charge on any atom is -0.454 e. The number of fused-ring (bicyclic) bond motifs is 2. The predicted octanol–water partition coefficient (Wildman–Crippen LogP) is 5.09. The SMILES string of the molecule is O=C(C=Cc1ccc2c(c1)OCO2)C(C(=O)C=Cc1ccc2c(c1)OCO2)=C1SCCCS1. The molecule has 0 bridgehead atoms. The Balaban J connectivity index is 1.37. The first-order chi connectivity index (χ1) is 16.2. The van der Waals surface area contributed by atoms with Crippen molar-refractivity contribution < 1.29 is 28.5 Å². The molecule has 3 aliphatic heterocycles. The molecule has 0 spiro atoms. The fourth-order valence-corrected chi connectivity index (χ4v) is 6.10.